The monoisotopic (exact) mass is 381 g/mol. The highest BCUT2D eigenvalue weighted by atomic mass is 16.2. The maximum atomic E-state index is 12.5. The maximum Gasteiger partial charge on any atom is 0.242 e. The molecule has 28 heavy (non-hydrogen) atoms. The summed E-state index contributed by atoms with van der Waals surface area (Å²) in [6.07, 6.45) is 3.67. The zero-order chi connectivity index (χ0) is 20.3. The SMILES string of the molecule is Cc1nc([C@@H](N)C(C)C)n(CC(=O)NCc2ccccc2-n2ccnc2C)n1. The number of hydrogen-bond donors (Lipinski definition) is 2. The summed E-state index contributed by atoms with van der Waals surface area (Å²) < 4.78 is 3.60. The average molecular weight is 381 g/mol. The third-order valence-corrected chi connectivity index (χ3v) is 4.67. The Morgan fingerprint density at radius 2 is 2.00 bits per heavy atom. The Labute approximate surface area is 164 Å². The maximum absolute atomic E-state index is 12.5. The predicted molar refractivity (Wildman–Crippen MR) is 107 cm³/mol. The van der Waals surface area contributed by atoms with E-state index in [0.29, 0.717) is 18.2 Å². The normalized spacial score (nSPS) is 12.4. The number of nitrogens with zero attached hydrogens (tertiary/aromatic N) is 5. The van der Waals surface area contributed by atoms with Crippen molar-refractivity contribution >= 4 is 5.91 Å². The van der Waals surface area contributed by atoms with Crippen LogP contribution in [0.15, 0.2) is 36.7 Å². The third-order valence-electron chi connectivity index (χ3n) is 4.67. The quantitative estimate of drug-likeness (QED) is 0.652. The highest BCUT2D eigenvalue weighted by molar-refractivity contribution is 5.75. The molecule has 0 unspecified atom stereocenters. The topological polar surface area (TPSA) is 104 Å². The molecule has 0 aliphatic carbocycles. The molecule has 2 heterocycles. The van der Waals surface area contributed by atoms with Gasteiger partial charge in [0.1, 0.15) is 24.0 Å². The van der Waals surface area contributed by atoms with E-state index in [9.17, 15) is 4.79 Å². The minimum absolute atomic E-state index is 0.0862. The number of aromatic nitrogens is 5. The number of amides is 1. The van der Waals surface area contributed by atoms with Crippen LogP contribution in [0.2, 0.25) is 0 Å². The molecule has 0 saturated carbocycles. The lowest BCUT2D eigenvalue weighted by atomic mass is 10.1. The molecular weight excluding hydrogens is 354 g/mol. The Hall–Kier alpha value is -3.00. The molecule has 0 aliphatic rings. The Balaban J connectivity index is 1.71. The van der Waals surface area contributed by atoms with Crippen molar-refractivity contribution in [1.82, 2.24) is 29.6 Å². The predicted octanol–water partition coefficient (Wildman–Crippen LogP) is 2.05. The Bertz CT molecular complexity index is 957. The lowest BCUT2D eigenvalue weighted by molar-refractivity contribution is -0.122. The largest absolute Gasteiger partial charge is 0.350 e. The third kappa shape index (κ3) is 4.28. The summed E-state index contributed by atoms with van der Waals surface area (Å²) in [6.45, 7) is 8.29. The van der Waals surface area contributed by atoms with Crippen LogP contribution < -0.4 is 11.1 Å². The van der Waals surface area contributed by atoms with Gasteiger partial charge in [0.05, 0.1) is 11.7 Å². The van der Waals surface area contributed by atoms with E-state index in [2.05, 4.69) is 20.4 Å². The molecule has 0 bridgehead atoms. The molecule has 0 spiro atoms. The number of para-hydroxylation sites is 1. The van der Waals surface area contributed by atoms with E-state index in [-0.39, 0.29) is 24.4 Å². The number of rotatable bonds is 7. The van der Waals surface area contributed by atoms with Gasteiger partial charge in [0.25, 0.3) is 0 Å². The molecule has 0 saturated heterocycles. The van der Waals surface area contributed by atoms with Crippen LogP contribution in [0.4, 0.5) is 0 Å². The molecular formula is C20H27N7O. The molecule has 148 valence electrons. The molecule has 3 rings (SSSR count). The van der Waals surface area contributed by atoms with Gasteiger partial charge in [0, 0.05) is 18.9 Å². The van der Waals surface area contributed by atoms with Crippen molar-refractivity contribution in [2.45, 2.75) is 46.8 Å². The van der Waals surface area contributed by atoms with Gasteiger partial charge in [-0.2, -0.15) is 5.10 Å². The van der Waals surface area contributed by atoms with Crippen molar-refractivity contribution in [3.8, 4) is 5.69 Å². The van der Waals surface area contributed by atoms with Crippen molar-refractivity contribution in [3.63, 3.8) is 0 Å². The smallest absolute Gasteiger partial charge is 0.242 e. The molecule has 1 aromatic carbocycles. The van der Waals surface area contributed by atoms with E-state index >= 15 is 0 Å². The number of imidazole rings is 1. The first-order chi connectivity index (χ1) is 13.4. The van der Waals surface area contributed by atoms with E-state index in [1.165, 1.54) is 0 Å². The number of carbonyl (C=O) groups excluding carboxylic acids is 1. The Kier molecular flexibility index (Phi) is 5.89. The van der Waals surface area contributed by atoms with Crippen molar-refractivity contribution in [1.29, 1.82) is 0 Å². The van der Waals surface area contributed by atoms with E-state index < -0.39 is 0 Å². The zero-order valence-electron chi connectivity index (χ0n) is 16.8. The average Bonchev–Trinajstić information content (AvgIpc) is 3.24. The first-order valence-electron chi connectivity index (χ1n) is 9.38. The molecule has 1 atom stereocenters. The fraction of sp³-hybridized carbons (Fsp3) is 0.400. The van der Waals surface area contributed by atoms with E-state index in [1.807, 2.05) is 55.8 Å². The van der Waals surface area contributed by atoms with Gasteiger partial charge in [-0.1, -0.05) is 32.0 Å². The van der Waals surface area contributed by atoms with Gasteiger partial charge in [-0.05, 0) is 31.4 Å². The summed E-state index contributed by atoms with van der Waals surface area (Å²) in [6, 6.07) is 7.67. The van der Waals surface area contributed by atoms with Crippen LogP contribution >= 0.6 is 0 Å². The second-order valence-corrected chi connectivity index (χ2v) is 7.19. The molecule has 0 radical (unpaired) electrons. The molecule has 8 heteroatoms. The lowest BCUT2D eigenvalue weighted by Crippen LogP contribution is -2.30. The number of benzene rings is 1. The van der Waals surface area contributed by atoms with Crippen molar-refractivity contribution < 1.29 is 4.79 Å². The van der Waals surface area contributed by atoms with E-state index in [1.54, 1.807) is 17.8 Å². The minimum atomic E-state index is -0.265. The van der Waals surface area contributed by atoms with Gasteiger partial charge < -0.3 is 15.6 Å². The molecule has 0 fully saturated rings. The van der Waals surface area contributed by atoms with Crippen molar-refractivity contribution in [3.05, 3.63) is 59.7 Å². The van der Waals surface area contributed by atoms with Crippen LogP contribution in [-0.4, -0.2) is 30.2 Å². The molecule has 8 nitrogen and oxygen atoms in total. The summed E-state index contributed by atoms with van der Waals surface area (Å²) in [5.41, 5.74) is 8.22. The van der Waals surface area contributed by atoms with Gasteiger partial charge in [-0.3, -0.25) is 4.79 Å². The highest BCUT2D eigenvalue weighted by Crippen LogP contribution is 2.18. The number of nitrogens with two attached hydrogens (primary N) is 1. The van der Waals surface area contributed by atoms with Crippen molar-refractivity contribution in [2.24, 2.45) is 11.7 Å². The molecule has 3 aromatic rings. The summed E-state index contributed by atoms with van der Waals surface area (Å²) >= 11 is 0. The second-order valence-electron chi connectivity index (χ2n) is 7.19. The molecule has 2 aromatic heterocycles. The van der Waals surface area contributed by atoms with Crippen LogP contribution in [0.3, 0.4) is 0 Å². The summed E-state index contributed by atoms with van der Waals surface area (Å²) in [4.78, 5) is 21.2. The van der Waals surface area contributed by atoms with E-state index in [0.717, 1.165) is 17.1 Å². The fourth-order valence-electron chi connectivity index (χ4n) is 3.05. The van der Waals surface area contributed by atoms with E-state index in [4.69, 9.17) is 5.73 Å². The highest BCUT2D eigenvalue weighted by Gasteiger charge is 2.20. The van der Waals surface area contributed by atoms with Crippen LogP contribution in [0.25, 0.3) is 5.69 Å². The van der Waals surface area contributed by atoms with Gasteiger partial charge in [0.2, 0.25) is 5.91 Å². The zero-order valence-corrected chi connectivity index (χ0v) is 16.8. The Morgan fingerprint density at radius 1 is 1.25 bits per heavy atom. The minimum Gasteiger partial charge on any atom is -0.350 e. The van der Waals surface area contributed by atoms with Gasteiger partial charge in [0.15, 0.2) is 0 Å². The van der Waals surface area contributed by atoms with Crippen LogP contribution in [0.5, 0.6) is 0 Å². The van der Waals surface area contributed by atoms with Crippen LogP contribution in [0, 0.1) is 19.8 Å². The Morgan fingerprint density at radius 3 is 2.68 bits per heavy atom. The van der Waals surface area contributed by atoms with Gasteiger partial charge in [-0.25, -0.2) is 14.6 Å². The lowest BCUT2D eigenvalue weighted by Gasteiger charge is -2.16. The number of hydrogen-bond acceptors (Lipinski definition) is 5. The van der Waals surface area contributed by atoms with Gasteiger partial charge in [-0.15, -0.1) is 0 Å². The first-order valence-corrected chi connectivity index (χ1v) is 9.38. The molecule has 3 N–H and O–H groups in total. The standard InChI is InChI=1S/C20H27N7O/c1-13(2)19(21)20-24-14(3)25-27(20)12-18(28)23-11-16-7-5-6-8-17(16)26-10-9-22-15(26)4/h5-10,13,19H,11-12,21H2,1-4H3,(H,23,28)/t19-/m0/s1. The second kappa shape index (κ2) is 8.35. The van der Waals surface area contributed by atoms with Gasteiger partial charge >= 0.3 is 0 Å². The summed E-state index contributed by atoms with van der Waals surface area (Å²) in [5, 5.41) is 7.30. The number of carbonyl (C=O) groups is 1. The fourth-order valence-corrected chi connectivity index (χ4v) is 3.05. The van der Waals surface area contributed by atoms with Crippen LogP contribution in [-0.2, 0) is 17.9 Å². The molecule has 0 aliphatic heterocycles. The summed E-state index contributed by atoms with van der Waals surface area (Å²) in [7, 11) is 0. The van der Waals surface area contributed by atoms with Crippen molar-refractivity contribution in [2.75, 3.05) is 0 Å². The first kappa shape index (κ1) is 19.8. The molecule has 1 amide bonds. The summed E-state index contributed by atoms with van der Waals surface area (Å²) in [5.74, 6) is 2.20. The van der Waals surface area contributed by atoms with Crippen LogP contribution in [0.1, 0.15) is 42.9 Å². The number of aryl methyl sites for hydroxylation is 2. The number of nitrogens with one attached hydrogen (secondary N) is 1.